The van der Waals surface area contributed by atoms with Crippen LogP contribution in [0, 0.1) is 0 Å². The lowest BCUT2D eigenvalue weighted by Crippen LogP contribution is -2.31. The van der Waals surface area contributed by atoms with E-state index in [4.69, 9.17) is 15.2 Å². The quantitative estimate of drug-likeness (QED) is 0.0524. The molecule has 6 N–H and O–H groups in total. The lowest BCUT2D eigenvalue weighted by atomic mass is 10.0. The molecule has 0 unspecified atom stereocenters. The molecule has 4 aromatic carbocycles. The van der Waals surface area contributed by atoms with Crippen LogP contribution in [-0.4, -0.2) is 54.1 Å². The second-order valence-electron chi connectivity index (χ2n) is 12.1. The van der Waals surface area contributed by atoms with Crippen molar-refractivity contribution in [2.24, 2.45) is 0 Å². The first-order chi connectivity index (χ1) is 24.8. The molecule has 51 heavy (non-hydrogen) atoms. The molecular formula is C37H39N7O6S. The molecule has 2 amide bonds. The minimum absolute atomic E-state index is 0.0514. The van der Waals surface area contributed by atoms with Crippen LogP contribution in [0.4, 0.5) is 17.1 Å². The van der Waals surface area contributed by atoms with Crippen LogP contribution in [0.25, 0.3) is 5.69 Å². The van der Waals surface area contributed by atoms with Gasteiger partial charge in [0.15, 0.2) is 6.29 Å². The fourth-order valence-corrected chi connectivity index (χ4v) is 6.50. The summed E-state index contributed by atoms with van der Waals surface area (Å²) in [5.41, 5.74) is 10.8. The predicted octanol–water partition coefficient (Wildman–Crippen LogP) is 5.92. The summed E-state index contributed by atoms with van der Waals surface area (Å²) < 4.78 is 14.6. The Morgan fingerprint density at radius 1 is 0.882 bits per heavy atom. The maximum atomic E-state index is 12.8. The van der Waals surface area contributed by atoms with Crippen LogP contribution in [0.1, 0.15) is 61.2 Å². The second kappa shape index (κ2) is 17.1. The Balaban J connectivity index is 1.08. The fourth-order valence-electron chi connectivity index (χ4n) is 5.60. The van der Waals surface area contributed by atoms with Gasteiger partial charge in [0.05, 0.1) is 35.9 Å². The summed E-state index contributed by atoms with van der Waals surface area (Å²) in [7, 11) is 0. The van der Waals surface area contributed by atoms with Gasteiger partial charge >= 0.3 is 0 Å². The molecule has 0 saturated carbocycles. The third kappa shape index (κ3) is 9.70. The van der Waals surface area contributed by atoms with Gasteiger partial charge < -0.3 is 36.1 Å². The molecule has 3 atom stereocenters. The number of aliphatic hydroxyl groups excluding tert-OH is 1. The summed E-state index contributed by atoms with van der Waals surface area (Å²) in [6.45, 7) is -0.0514. The number of amides is 2. The Kier molecular flexibility index (Phi) is 11.9. The molecule has 14 heteroatoms. The summed E-state index contributed by atoms with van der Waals surface area (Å²) in [6, 6.07) is 28.7. The molecule has 6 rings (SSSR count). The van der Waals surface area contributed by atoms with Crippen molar-refractivity contribution >= 4 is 40.6 Å². The van der Waals surface area contributed by atoms with Gasteiger partial charge in [0, 0.05) is 36.3 Å². The number of carbonyl (C=O) groups excluding carboxylic acids is 2. The van der Waals surface area contributed by atoms with Crippen molar-refractivity contribution in [1.82, 2.24) is 20.2 Å². The van der Waals surface area contributed by atoms with E-state index < -0.39 is 6.29 Å². The smallest absolute Gasteiger partial charge is 0.224 e. The van der Waals surface area contributed by atoms with Crippen molar-refractivity contribution in [3.8, 4) is 11.4 Å². The van der Waals surface area contributed by atoms with Crippen molar-refractivity contribution in [3.63, 3.8) is 0 Å². The van der Waals surface area contributed by atoms with Gasteiger partial charge in [-0.15, -0.1) is 5.10 Å². The molecule has 1 saturated heterocycles. The topological polar surface area (TPSA) is 187 Å². The molecule has 0 radical (unpaired) electrons. The lowest BCUT2D eigenvalue weighted by molar-refractivity contribution is -0.245. The van der Waals surface area contributed by atoms with Gasteiger partial charge in [-0.05, 0) is 82.9 Å². The van der Waals surface area contributed by atoms with E-state index in [1.54, 1.807) is 53.2 Å². The van der Waals surface area contributed by atoms with Crippen LogP contribution in [0.2, 0.25) is 0 Å². The van der Waals surface area contributed by atoms with Gasteiger partial charge in [-0.25, -0.2) is 0 Å². The molecule has 1 aromatic heterocycles. The van der Waals surface area contributed by atoms with E-state index >= 15 is 0 Å². The third-order valence-electron chi connectivity index (χ3n) is 8.28. The number of para-hydroxylation sites is 2. The van der Waals surface area contributed by atoms with E-state index in [0.717, 1.165) is 16.7 Å². The van der Waals surface area contributed by atoms with Crippen LogP contribution in [0.3, 0.4) is 0 Å². The molecule has 5 aromatic rings. The average molecular weight is 710 g/mol. The van der Waals surface area contributed by atoms with E-state index in [9.17, 15) is 19.8 Å². The van der Waals surface area contributed by atoms with E-state index in [0.29, 0.717) is 52.9 Å². The second-order valence-corrected chi connectivity index (χ2v) is 13.1. The number of nitrogens with zero attached hydrogens (tertiary/aromatic N) is 4. The number of ether oxygens (including phenoxy) is 2. The van der Waals surface area contributed by atoms with Gasteiger partial charge in [0.25, 0.3) is 0 Å². The van der Waals surface area contributed by atoms with Gasteiger partial charge in [0.2, 0.25) is 17.0 Å². The van der Waals surface area contributed by atoms with Crippen LogP contribution in [0.15, 0.2) is 102 Å². The van der Waals surface area contributed by atoms with E-state index in [2.05, 4.69) is 26.2 Å². The number of aliphatic hydroxyl groups is 1. The number of nitrogens with two attached hydrogens (primary N) is 1. The maximum Gasteiger partial charge on any atom is 0.224 e. The monoisotopic (exact) mass is 709 g/mol. The average Bonchev–Trinajstić information content (AvgIpc) is 3.62. The zero-order valence-electron chi connectivity index (χ0n) is 27.7. The van der Waals surface area contributed by atoms with Crippen molar-refractivity contribution in [2.45, 2.75) is 62.4 Å². The summed E-state index contributed by atoms with van der Waals surface area (Å²) in [4.78, 5) is 25.1. The number of phenolic OH excluding ortho intramolecular Hbond substituents is 1. The van der Waals surface area contributed by atoms with Crippen LogP contribution < -0.4 is 16.4 Å². The minimum Gasteiger partial charge on any atom is -0.508 e. The standard InChI is InChI=1S/C37H39N7O6S/c38-31-8-1-2-9-32(31)40-35(48)11-4-3-10-34(47)39-27-7-5-6-26(20-27)36-49-30(21-33(50-36)25-14-12-24(22-45)13-15-25)23-51-37-41-42-43-44(37)28-16-18-29(46)19-17-28/h1-2,5-9,12-20,30,33,36,45-46H,3-4,10-11,21-23,38H2,(H,39,47)(H,40,48)/t30-,33+,36+/m0/s1. The molecule has 0 spiro atoms. The number of aromatic nitrogens is 4. The highest BCUT2D eigenvalue weighted by molar-refractivity contribution is 7.99. The number of hydrogen-bond donors (Lipinski definition) is 5. The zero-order valence-corrected chi connectivity index (χ0v) is 28.5. The summed E-state index contributed by atoms with van der Waals surface area (Å²) in [6.07, 6.45) is 0.920. The number of benzene rings is 4. The first kappa shape index (κ1) is 35.5. The van der Waals surface area contributed by atoms with Gasteiger partial charge in [0.1, 0.15) is 5.75 Å². The van der Waals surface area contributed by atoms with Crippen molar-refractivity contribution in [1.29, 1.82) is 0 Å². The third-order valence-corrected chi connectivity index (χ3v) is 9.33. The number of rotatable bonds is 14. The molecular weight excluding hydrogens is 671 g/mol. The fraction of sp³-hybridized carbons (Fsp3) is 0.270. The maximum absolute atomic E-state index is 12.8. The molecule has 13 nitrogen and oxygen atoms in total. The number of phenols is 1. The summed E-state index contributed by atoms with van der Waals surface area (Å²) in [5, 5.41) is 37.7. The number of nitrogen functional groups attached to an aromatic ring is 1. The van der Waals surface area contributed by atoms with Crippen LogP contribution >= 0.6 is 11.8 Å². The van der Waals surface area contributed by atoms with E-state index in [1.165, 1.54) is 11.8 Å². The molecule has 1 fully saturated rings. The van der Waals surface area contributed by atoms with Crippen LogP contribution in [0.5, 0.6) is 5.75 Å². The minimum atomic E-state index is -0.728. The molecule has 0 bridgehead atoms. The highest BCUT2D eigenvalue weighted by Crippen LogP contribution is 2.40. The number of aromatic hydroxyl groups is 1. The Labute approximate surface area is 299 Å². The highest BCUT2D eigenvalue weighted by atomic mass is 32.2. The number of unbranched alkanes of at least 4 members (excludes halogenated alkanes) is 1. The number of nitrogens with one attached hydrogen (secondary N) is 2. The van der Waals surface area contributed by atoms with Crippen molar-refractivity contribution in [2.75, 3.05) is 22.1 Å². The number of thioether (sulfide) groups is 1. The molecule has 1 aliphatic rings. The Bertz CT molecular complexity index is 1920. The van der Waals surface area contributed by atoms with Crippen molar-refractivity contribution in [3.05, 3.63) is 114 Å². The predicted molar refractivity (Wildman–Crippen MR) is 193 cm³/mol. The molecule has 264 valence electrons. The van der Waals surface area contributed by atoms with Gasteiger partial charge in [-0.1, -0.05) is 60.3 Å². The summed E-state index contributed by atoms with van der Waals surface area (Å²) >= 11 is 1.45. The van der Waals surface area contributed by atoms with Gasteiger partial charge in [-0.2, -0.15) is 4.68 Å². The number of anilines is 3. The largest absolute Gasteiger partial charge is 0.508 e. The Hall–Kier alpha value is -5.28. The van der Waals surface area contributed by atoms with E-state index in [-0.39, 0.29) is 49.2 Å². The zero-order chi connectivity index (χ0) is 35.6. The van der Waals surface area contributed by atoms with E-state index in [1.807, 2.05) is 48.5 Å². The summed E-state index contributed by atoms with van der Waals surface area (Å²) in [5.74, 6) is 0.365. The number of carbonyl (C=O) groups is 2. The van der Waals surface area contributed by atoms with Crippen molar-refractivity contribution < 1.29 is 29.3 Å². The Morgan fingerprint density at radius 2 is 1.63 bits per heavy atom. The lowest BCUT2D eigenvalue weighted by Gasteiger charge is -2.36. The first-order valence-electron chi connectivity index (χ1n) is 16.6. The first-order valence-corrected chi connectivity index (χ1v) is 17.6. The normalized spacial score (nSPS) is 17.2. The SMILES string of the molecule is Nc1ccccc1NC(=O)CCCCC(=O)Nc1cccc([C@@H]2O[C@H](CSc3nnnn3-c3ccc(O)cc3)C[C@H](c3ccc(CO)cc3)O2)c1. The number of hydrogen-bond acceptors (Lipinski definition) is 11. The van der Waals surface area contributed by atoms with Crippen LogP contribution in [-0.2, 0) is 25.7 Å². The van der Waals surface area contributed by atoms with Gasteiger partial charge in [-0.3, -0.25) is 9.59 Å². The molecule has 2 heterocycles. The Morgan fingerprint density at radius 3 is 2.37 bits per heavy atom. The number of tetrazole rings is 1. The highest BCUT2D eigenvalue weighted by Gasteiger charge is 2.33. The molecule has 1 aliphatic heterocycles. The molecule has 0 aliphatic carbocycles.